The Morgan fingerprint density at radius 3 is 2.72 bits per heavy atom. The molecule has 1 aromatic rings. The second kappa shape index (κ2) is 7.41. The molecule has 0 aliphatic heterocycles. The highest BCUT2D eigenvalue weighted by Crippen LogP contribution is 2.12. The molecular formula is C14H26N2O2. The number of oxazole rings is 1. The molecule has 0 atom stereocenters. The van der Waals surface area contributed by atoms with E-state index in [1.807, 2.05) is 0 Å². The van der Waals surface area contributed by atoms with Gasteiger partial charge in [-0.15, -0.1) is 0 Å². The molecule has 0 fully saturated rings. The number of nitrogens with one attached hydrogen (secondary N) is 1. The standard InChI is InChI=1S/C14H26N2O2/c1-5-6-7-8-9-17-13-16-12(11-18-13)10-15-14(2,3)4/h11,15H,5-10H2,1-4H3. The Hall–Kier alpha value is -1.03. The molecule has 1 aromatic heterocycles. The highest BCUT2D eigenvalue weighted by Gasteiger charge is 2.11. The maximum absolute atomic E-state index is 5.46. The molecule has 0 bridgehead atoms. The minimum atomic E-state index is 0.0835. The minimum Gasteiger partial charge on any atom is -0.450 e. The van der Waals surface area contributed by atoms with Gasteiger partial charge in [0.25, 0.3) is 0 Å². The number of nitrogens with zero attached hydrogens (tertiary/aromatic N) is 1. The minimum absolute atomic E-state index is 0.0835. The average molecular weight is 254 g/mol. The molecule has 0 saturated heterocycles. The number of aromatic nitrogens is 1. The normalized spacial score (nSPS) is 11.8. The zero-order valence-electron chi connectivity index (χ0n) is 12.1. The summed E-state index contributed by atoms with van der Waals surface area (Å²) in [7, 11) is 0. The first-order chi connectivity index (χ1) is 8.51. The molecule has 0 aliphatic rings. The van der Waals surface area contributed by atoms with E-state index >= 15 is 0 Å². The topological polar surface area (TPSA) is 47.3 Å². The lowest BCUT2D eigenvalue weighted by molar-refractivity contribution is 0.224. The van der Waals surface area contributed by atoms with E-state index in [2.05, 4.69) is 38.0 Å². The highest BCUT2D eigenvalue weighted by molar-refractivity contribution is 5.00. The van der Waals surface area contributed by atoms with Crippen molar-refractivity contribution in [1.82, 2.24) is 10.3 Å². The van der Waals surface area contributed by atoms with E-state index in [1.165, 1.54) is 19.3 Å². The molecule has 0 aromatic carbocycles. The molecule has 0 aliphatic carbocycles. The molecule has 0 spiro atoms. The number of unbranched alkanes of at least 4 members (excludes halogenated alkanes) is 3. The largest absolute Gasteiger partial charge is 0.450 e. The maximum atomic E-state index is 5.46. The van der Waals surface area contributed by atoms with E-state index < -0.39 is 0 Å². The van der Waals surface area contributed by atoms with E-state index in [4.69, 9.17) is 9.15 Å². The van der Waals surface area contributed by atoms with E-state index in [0.717, 1.165) is 12.1 Å². The predicted octanol–water partition coefficient (Wildman–Crippen LogP) is 3.52. The summed E-state index contributed by atoms with van der Waals surface area (Å²) in [5.41, 5.74) is 0.966. The van der Waals surface area contributed by atoms with Crippen LogP contribution in [0.1, 0.15) is 59.1 Å². The fourth-order valence-electron chi connectivity index (χ4n) is 1.48. The third-order valence-electron chi connectivity index (χ3n) is 2.55. The lowest BCUT2D eigenvalue weighted by Crippen LogP contribution is -2.35. The van der Waals surface area contributed by atoms with Gasteiger partial charge in [0, 0.05) is 12.1 Å². The van der Waals surface area contributed by atoms with Crippen LogP contribution in [0.25, 0.3) is 0 Å². The Bertz CT molecular complexity index is 329. The molecule has 18 heavy (non-hydrogen) atoms. The predicted molar refractivity (Wildman–Crippen MR) is 72.7 cm³/mol. The molecule has 4 nitrogen and oxygen atoms in total. The molecule has 1 rings (SSSR count). The Kier molecular flexibility index (Phi) is 6.19. The van der Waals surface area contributed by atoms with Crippen molar-refractivity contribution in [3.05, 3.63) is 12.0 Å². The van der Waals surface area contributed by atoms with Gasteiger partial charge in [-0.2, -0.15) is 4.98 Å². The van der Waals surface area contributed by atoms with E-state index in [-0.39, 0.29) is 5.54 Å². The van der Waals surface area contributed by atoms with Gasteiger partial charge in [0.1, 0.15) is 6.26 Å². The van der Waals surface area contributed by atoms with E-state index in [9.17, 15) is 0 Å². The van der Waals surface area contributed by atoms with Gasteiger partial charge in [0.2, 0.25) is 0 Å². The Balaban J connectivity index is 2.22. The van der Waals surface area contributed by atoms with Gasteiger partial charge in [-0.1, -0.05) is 26.2 Å². The molecule has 4 heteroatoms. The number of ether oxygens (including phenoxy) is 1. The van der Waals surface area contributed by atoms with Gasteiger partial charge in [-0.3, -0.25) is 0 Å². The van der Waals surface area contributed by atoms with Crippen LogP contribution in [0.2, 0.25) is 0 Å². The van der Waals surface area contributed by atoms with E-state index in [0.29, 0.717) is 19.2 Å². The lowest BCUT2D eigenvalue weighted by atomic mass is 10.1. The fourth-order valence-corrected chi connectivity index (χ4v) is 1.48. The van der Waals surface area contributed by atoms with Crippen molar-refractivity contribution in [3.63, 3.8) is 0 Å². The molecule has 104 valence electrons. The summed E-state index contributed by atoms with van der Waals surface area (Å²) in [5.74, 6) is 0. The van der Waals surface area contributed by atoms with Crippen LogP contribution in [0.15, 0.2) is 10.7 Å². The first kappa shape index (κ1) is 15.0. The van der Waals surface area contributed by atoms with Crippen LogP contribution < -0.4 is 10.1 Å². The van der Waals surface area contributed by atoms with Crippen molar-refractivity contribution < 1.29 is 9.15 Å². The fraction of sp³-hybridized carbons (Fsp3) is 0.786. The van der Waals surface area contributed by atoms with Crippen LogP contribution in [-0.4, -0.2) is 17.1 Å². The molecule has 1 N–H and O–H groups in total. The van der Waals surface area contributed by atoms with Gasteiger partial charge < -0.3 is 14.5 Å². The van der Waals surface area contributed by atoms with Crippen LogP contribution >= 0.6 is 0 Å². The van der Waals surface area contributed by atoms with Crippen LogP contribution in [-0.2, 0) is 6.54 Å². The van der Waals surface area contributed by atoms with Crippen molar-refractivity contribution in [2.45, 2.75) is 65.5 Å². The molecular weight excluding hydrogens is 228 g/mol. The smallest absolute Gasteiger partial charge is 0.393 e. The first-order valence-electron chi connectivity index (χ1n) is 6.83. The second-order valence-electron chi connectivity index (χ2n) is 5.62. The first-order valence-corrected chi connectivity index (χ1v) is 6.83. The number of hydrogen-bond donors (Lipinski definition) is 1. The molecule has 0 saturated carbocycles. The summed E-state index contributed by atoms with van der Waals surface area (Å²) in [6, 6.07) is 0. The SMILES string of the molecule is CCCCCCOc1nc(CNC(C)(C)C)co1. The summed E-state index contributed by atoms with van der Waals surface area (Å²) < 4.78 is 10.7. The Morgan fingerprint density at radius 1 is 1.28 bits per heavy atom. The number of rotatable bonds is 8. The summed E-state index contributed by atoms with van der Waals surface area (Å²) in [4.78, 5) is 4.28. The Labute approximate surface area is 110 Å². The van der Waals surface area contributed by atoms with Gasteiger partial charge in [-0.25, -0.2) is 0 Å². The highest BCUT2D eigenvalue weighted by atomic mass is 16.6. The van der Waals surface area contributed by atoms with Gasteiger partial charge in [-0.05, 0) is 27.2 Å². The lowest BCUT2D eigenvalue weighted by Gasteiger charge is -2.19. The van der Waals surface area contributed by atoms with Gasteiger partial charge in [0.15, 0.2) is 0 Å². The quantitative estimate of drug-likeness (QED) is 0.721. The van der Waals surface area contributed by atoms with Crippen LogP contribution in [0, 0.1) is 0 Å². The molecule has 0 unspecified atom stereocenters. The Morgan fingerprint density at radius 2 is 2.06 bits per heavy atom. The zero-order valence-corrected chi connectivity index (χ0v) is 12.1. The van der Waals surface area contributed by atoms with Crippen LogP contribution in [0.5, 0.6) is 6.08 Å². The molecule has 1 heterocycles. The number of hydrogen-bond acceptors (Lipinski definition) is 4. The van der Waals surface area contributed by atoms with E-state index in [1.54, 1.807) is 6.26 Å². The third kappa shape index (κ3) is 6.64. The van der Waals surface area contributed by atoms with Crippen molar-refractivity contribution in [2.24, 2.45) is 0 Å². The van der Waals surface area contributed by atoms with Gasteiger partial charge >= 0.3 is 6.08 Å². The summed E-state index contributed by atoms with van der Waals surface area (Å²) in [6.45, 7) is 9.96. The summed E-state index contributed by atoms with van der Waals surface area (Å²) in [5, 5.41) is 3.36. The average Bonchev–Trinajstić information content (AvgIpc) is 2.73. The van der Waals surface area contributed by atoms with Crippen molar-refractivity contribution in [1.29, 1.82) is 0 Å². The molecule has 0 amide bonds. The summed E-state index contributed by atoms with van der Waals surface area (Å²) in [6.07, 6.45) is 6.80. The van der Waals surface area contributed by atoms with Crippen molar-refractivity contribution >= 4 is 0 Å². The van der Waals surface area contributed by atoms with Gasteiger partial charge in [0.05, 0.1) is 12.3 Å². The maximum Gasteiger partial charge on any atom is 0.393 e. The van der Waals surface area contributed by atoms with Crippen molar-refractivity contribution in [2.75, 3.05) is 6.61 Å². The molecule has 0 radical (unpaired) electrons. The van der Waals surface area contributed by atoms with Crippen LogP contribution in [0.3, 0.4) is 0 Å². The van der Waals surface area contributed by atoms with Crippen molar-refractivity contribution in [3.8, 4) is 6.08 Å². The summed E-state index contributed by atoms with van der Waals surface area (Å²) >= 11 is 0. The van der Waals surface area contributed by atoms with Crippen LogP contribution in [0.4, 0.5) is 0 Å². The zero-order chi connectivity index (χ0) is 13.4. The third-order valence-corrected chi connectivity index (χ3v) is 2.55. The monoisotopic (exact) mass is 254 g/mol. The second-order valence-corrected chi connectivity index (χ2v) is 5.62.